The van der Waals surface area contributed by atoms with Gasteiger partial charge in [0.15, 0.2) is 18.1 Å². The van der Waals surface area contributed by atoms with E-state index < -0.39 is 0 Å². The highest BCUT2D eigenvalue weighted by atomic mass is 16.5. The molecule has 0 aliphatic heterocycles. The molecule has 0 saturated heterocycles. The van der Waals surface area contributed by atoms with Crippen LogP contribution in [0.25, 0.3) is 0 Å². The molecule has 1 N–H and O–H groups in total. The molecule has 0 aliphatic carbocycles. The van der Waals surface area contributed by atoms with E-state index in [0.717, 1.165) is 0 Å². The SMILES string of the molecule is CCOc1ccccc1OCC(=O)N/N=C(\C)c1ccccn1. The van der Waals surface area contributed by atoms with Crippen molar-refractivity contribution in [3.63, 3.8) is 0 Å². The number of carbonyl (C=O) groups is 1. The predicted octanol–water partition coefficient (Wildman–Crippen LogP) is 2.40. The van der Waals surface area contributed by atoms with Crippen LogP contribution in [0.2, 0.25) is 0 Å². The maximum atomic E-state index is 11.8. The van der Waals surface area contributed by atoms with Gasteiger partial charge in [0.25, 0.3) is 5.91 Å². The van der Waals surface area contributed by atoms with Crippen LogP contribution in [0.15, 0.2) is 53.8 Å². The molecule has 0 spiro atoms. The summed E-state index contributed by atoms with van der Waals surface area (Å²) in [6.45, 7) is 4.04. The number of carbonyl (C=O) groups excluding carboxylic acids is 1. The molecule has 0 fully saturated rings. The van der Waals surface area contributed by atoms with E-state index >= 15 is 0 Å². The number of benzene rings is 1. The Morgan fingerprint density at radius 2 is 1.83 bits per heavy atom. The molecule has 6 heteroatoms. The van der Waals surface area contributed by atoms with Gasteiger partial charge in [-0.15, -0.1) is 0 Å². The fourth-order valence-electron chi connectivity index (χ4n) is 1.80. The number of para-hydroxylation sites is 2. The highest BCUT2D eigenvalue weighted by Crippen LogP contribution is 2.26. The second-order valence-electron chi connectivity index (χ2n) is 4.62. The molecular weight excluding hydrogens is 294 g/mol. The zero-order valence-corrected chi connectivity index (χ0v) is 13.2. The third-order valence-corrected chi connectivity index (χ3v) is 2.89. The van der Waals surface area contributed by atoms with E-state index in [9.17, 15) is 4.79 Å². The first-order chi connectivity index (χ1) is 11.2. The minimum Gasteiger partial charge on any atom is -0.490 e. The van der Waals surface area contributed by atoms with Crippen LogP contribution >= 0.6 is 0 Å². The molecule has 23 heavy (non-hydrogen) atoms. The summed E-state index contributed by atoms with van der Waals surface area (Å²) in [7, 11) is 0. The summed E-state index contributed by atoms with van der Waals surface area (Å²) >= 11 is 0. The Balaban J connectivity index is 1.88. The summed E-state index contributed by atoms with van der Waals surface area (Å²) in [6.07, 6.45) is 1.67. The lowest BCUT2D eigenvalue weighted by atomic mass is 10.3. The summed E-state index contributed by atoms with van der Waals surface area (Å²) in [5, 5.41) is 4.01. The average Bonchev–Trinajstić information content (AvgIpc) is 2.60. The molecule has 0 saturated carbocycles. The van der Waals surface area contributed by atoms with Crippen molar-refractivity contribution in [1.82, 2.24) is 10.4 Å². The van der Waals surface area contributed by atoms with E-state index in [2.05, 4.69) is 15.5 Å². The zero-order valence-electron chi connectivity index (χ0n) is 13.2. The van der Waals surface area contributed by atoms with Gasteiger partial charge in [-0.1, -0.05) is 18.2 Å². The minimum atomic E-state index is -0.355. The zero-order chi connectivity index (χ0) is 16.5. The number of amides is 1. The lowest BCUT2D eigenvalue weighted by Crippen LogP contribution is -2.25. The van der Waals surface area contributed by atoms with Crippen molar-refractivity contribution < 1.29 is 14.3 Å². The van der Waals surface area contributed by atoms with Crippen molar-refractivity contribution in [1.29, 1.82) is 0 Å². The van der Waals surface area contributed by atoms with Crippen molar-refractivity contribution in [2.24, 2.45) is 5.10 Å². The Morgan fingerprint density at radius 1 is 1.13 bits per heavy atom. The number of hydrogen-bond acceptors (Lipinski definition) is 5. The van der Waals surface area contributed by atoms with Gasteiger partial charge in [0.2, 0.25) is 0 Å². The highest BCUT2D eigenvalue weighted by molar-refractivity contribution is 5.97. The fourth-order valence-corrected chi connectivity index (χ4v) is 1.80. The average molecular weight is 313 g/mol. The molecule has 1 aromatic heterocycles. The number of pyridine rings is 1. The van der Waals surface area contributed by atoms with Gasteiger partial charge in [0, 0.05) is 6.20 Å². The summed E-state index contributed by atoms with van der Waals surface area (Å²) in [5.74, 6) is 0.775. The molecule has 6 nitrogen and oxygen atoms in total. The van der Waals surface area contributed by atoms with Crippen LogP contribution in [0.5, 0.6) is 11.5 Å². The molecule has 2 aromatic rings. The molecule has 1 aromatic carbocycles. The number of nitrogens with one attached hydrogen (secondary N) is 1. The van der Waals surface area contributed by atoms with Crippen LogP contribution in [0.1, 0.15) is 19.5 Å². The van der Waals surface area contributed by atoms with Gasteiger partial charge in [-0.2, -0.15) is 5.10 Å². The normalized spacial score (nSPS) is 11.0. The number of aromatic nitrogens is 1. The first-order valence-electron chi connectivity index (χ1n) is 7.30. The van der Waals surface area contributed by atoms with Crippen LogP contribution in [-0.2, 0) is 4.79 Å². The first-order valence-corrected chi connectivity index (χ1v) is 7.30. The number of ether oxygens (including phenoxy) is 2. The molecule has 1 heterocycles. The summed E-state index contributed by atoms with van der Waals surface area (Å²) in [6, 6.07) is 12.7. The van der Waals surface area contributed by atoms with Gasteiger partial charge in [0.05, 0.1) is 18.0 Å². The molecule has 0 aliphatic rings. The molecular formula is C17H19N3O3. The number of rotatable bonds is 7. The Kier molecular flexibility index (Phi) is 6.11. The van der Waals surface area contributed by atoms with E-state index in [0.29, 0.717) is 29.5 Å². The van der Waals surface area contributed by atoms with Crippen molar-refractivity contribution in [3.05, 3.63) is 54.4 Å². The Hall–Kier alpha value is -2.89. The highest BCUT2D eigenvalue weighted by Gasteiger charge is 2.07. The van der Waals surface area contributed by atoms with E-state index in [1.54, 1.807) is 25.3 Å². The topological polar surface area (TPSA) is 72.8 Å². The van der Waals surface area contributed by atoms with Gasteiger partial charge in [-0.05, 0) is 38.1 Å². The fraction of sp³-hybridized carbons (Fsp3) is 0.235. The molecule has 2 rings (SSSR count). The van der Waals surface area contributed by atoms with E-state index in [4.69, 9.17) is 9.47 Å². The second kappa shape index (κ2) is 8.53. The maximum Gasteiger partial charge on any atom is 0.277 e. The van der Waals surface area contributed by atoms with Crippen LogP contribution < -0.4 is 14.9 Å². The van der Waals surface area contributed by atoms with Crippen molar-refractivity contribution in [3.8, 4) is 11.5 Å². The van der Waals surface area contributed by atoms with Gasteiger partial charge >= 0.3 is 0 Å². The van der Waals surface area contributed by atoms with E-state index in [1.165, 1.54) is 0 Å². The van der Waals surface area contributed by atoms with Gasteiger partial charge in [-0.25, -0.2) is 5.43 Å². The van der Waals surface area contributed by atoms with E-state index in [1.807, 2.05) is 37.3 Å². The molecule has 120 valence electrons. The standard InChI is InChI=1S/C17H19N3O3/c1-3-22-15-9-4-5-10-16(15)23-12-17(21)20-19-13(2)14-8-6-7-11-18-14/h4-11H,3,12H2,1-2H3,(H,20,21)/b19-13+. The first kappa shape index (κ1) is 16.5. The van der Waals surface area contributed by atoms with Crippen LogP contribution in [0.3, 0.4) is 0 Å². The molecule has 0 radical (unpaired) electrons. The minimum absolute atomic E-state index is 0.150. The van der Waals surface area contributed by atoms with Crippen molar-refractivity contribution in [2.45, 2.75) is 13.8 Å². The third-order valence-electron chi connectivity index (χ3n) is 2.89. The maximum absolute atomic E-state index is 11.8. The predicted molar refractivity (Wildman–Crippen MR) is 87.7 cm³/mol. The Labute approximate surface area is 135 Å². The number of nitrogens with zero attached hydrogens (tertiary/aromatic N) is 2. The number of hydrogen-bond donors (Lipinski definition) is 1. The largest absolute Gasteiger partial charge is 0.490 e. The second-order valence-corrected chi connectivity index (χ2v) is 4.62. The molecule has 0 atom stereocenters. The Morgan fingerprint density at radius 3 is 2.48 bits per heavy atom. The van der Waals surface area contributed by atoms with Gasteiger partial charge < -0.3 is 9.47 Å². The monoisotopic (exact) mass is 313 g/mol. The van der Waals surface area contributed by atoms with Crippen LogP contribution in [0.4, 0.5) is 0 Å². The smallest absolute Gasteiger partial charge is 0.277 e. The Bertz CT molecular complexity index is 672. The van der Waals surface area contributed by atoms with Crippen molar-refractivity contribution in [2.75, 3.05) is 13.2 Å². The van der Waals surface area contributed by atoms with Gasteiger partial charge in [-0.3, -0.25) is 9.78 Å². The summed E-state index contributed by atoms with van der Waals surface area (Å²) in [4.78, 5) is 16.0. The lowest BCUT2D eigenvalue weighted by Gasteiger charge is -2.10. The summed E-state index contributed by atoms with van der Waals surface area (Å²) < 4.78 is 10.9. The lowest BCUT2D eigenvalue weighted by molar-refractivity contribution is -0.123. The van der Waals surface area contributed by atoms with Crippen LogP contribution in [0, 0.1) is 0 Å². The number of hydrazone groups is 1. The van der Waals surface area contributed by atoms with Gasteiger partial charge in [0.1, 0.15) is 0 Å². The quantitative estimate of drug-likeness (QED) is 0.629. The van der Waals surface area contributed by atoms with Crippen LogP contribution in [-0.4, -0.2) is 29.8 Å². The third kappa shape index (κ3) is 5.10. The molecule has 0 unspecified atom stereocenters. The molecule has 1 amide bonds. The van der Waals surface area contributed by atoms with E-state index in [-0.39, 0.29) is 12.5 Å². The van der Waals surface area contributed by atoms with Crippen molar-refractivity contribution >= 4 is 11.6 Å². The molecule has 0 bridgehead atoms. The summed E-state index contributed by atoms with van der Waals surface area (Å²) in [5.41, 5.74) is 3.77.